The molecule has 0 amide bonds. The van der Waals surface area contributed by atoms with E-state index in [0.717, 1.165) is 25.3 Å². The average molecular weight is 301 g/mol. The molecule has 0 spiro atoms. The Kier molecular flexibility index (Phi) is 4.22. The first-order chi connectivity index (χ1) is 8.15. The van der Waals surface area contributed by atoms with E-state index in [-0.39, 0.29) is 0 Å². The molecule has 0 saturated carbocycles. The first-order valence-electron chi connectivity index (χ1n) is 6.27. The molecule has 5 heteroatoms. The molecule has 4 nitrogen and oxygen atoms in total. The van der Waals surface area contributed by atoms with Gasteiger partial charge in [0.2, 0.25) is 0 Å². The highest BCUT2D eigenvalue weighted by Crippen LogP contribution is 2.24. The molecule has 2 heterocycles. The lowest BCUT2D eigenvalue weighted by atomic mass is 10.3. The van der Waals surface area contributed by atoms with Crippen LogP contribution in [-0.4, -0.2) is 40.9 Å². The Morgan fingerprint density at radius 2 is 2.29 bits per heavy atom. The second-order valence-corrected chi connectivity index (χ2v) is 5.46. The Morgan fingerprint density at radius 3 is 2.88 bits per heavy atom. The van der Waals surface area contributed by atoms with Crippen molar-refractivity contribution in [2.24, 2.45) is 0 Å². The summed E-state index contributed by atoms with van der Waals surface area (Å²) in [5.41, 5.74) is 2.40. The Labute approximate surface area is 111 Å². The van der Waals surface area contributed by atoms with E-state index in [9.17, 15) is 0 Å². The lowest BCUT2D eigenvalue weighted by Gasteiger charge is -2.16. The molecular weight excluding hydrogens is 280 g/mol. The maximum absolute atomic E-state index is 4.54. The molecule has 1 aromatic heterocycles. The van der Waals surface area contributed by atoms with Crippen LogP contribution >= 0.6 is 15.9 Å². The van der Waals surface area contributed by atoms with Crippen molar-refractivity contribution in [2.75, 3.05) is 20.1 Å². The monoisotopic (exact) mass is 300 g/mol. The summed E-state index contributed by atoms with van der Waals surface area (Å²) in [7, 11) is 2.05. The number of halogens is 1. The Bertz CT molecular complexity index is 388. The molecule has 0 aliphatic carbocycles. The third-order valence-corrected chi connectivity index (χ3v) is 4.54. The Morgan fingerprint density at radius 1 is 1.53 bits per heavy atom. The molecule has 96 valence electrons. The molecule has 0 aromatic carbocycles. The summed E-state index contributed by atoms with van der Waals surface area (Å²) in [6.07, 6.45) is 1.24. The SMILES string of the molecule is CCn1nc(C)c(Br)c1CN1CCC(NC)C1. The number of rotatable bonds is 4. The minimum Gasteiger partial charge on any atom is -0.316 e. The van der Waals surface area contributed by atoms with Crippen molar-refractivity contribution in [2.45, 2.75) is 39.4 Å². The predicted molar refractivity (Wildman–Crippen MR) is 73.1 cm³/mol. The summed E-state index contributed by atoms with van der Waals surface area (Å²) < 4.78 is 3.28. The topological polar surface area (TPSA) is 33.1 Å². The molecule has 1 aromatic rings. The van der Waals surface area contributed by atoms with Gasteiger partial charge in [-0.25, -0.2) is 0 Å². The van der Waals surface area contributed by atoms with Crippen molar-refractivity contribution in [1.29, 1.82) is 0 Å². The van der Waals surface area contributed by atoms with Gasteiger partial charge in [0.05, 0.1) is 15.9 Å². The number of likely N-dealkylation sites (tertiary alicyclic amines) is 1. The Hall–Kier alpha value is -0.390. The number of hydrogen-bond acceptors (Lipinski definition) is 3. The van der Waals surface area contributed by atoms with Gasteiger partial charge in [0.15, 0.2) is 0 Å². The van der Waals surface area contributed by atoms with Crippen LogP contribution in [0.4, 0.5) is 0 Å². The summed E-state index contributed by atoms with van der Waals surface area (Å²) >= 11 is 3.66. The van der Waals surface area contributed by atoms with E-state index in [2.05, 4.69) is 49.8 Å². The molecule has 1 N–H and O–H groups in total. The van der Waals surface area contributed by atoms with Gasteiger partial charge in [-0.1, -0.05) is 0 Å². The van der Waals surface area contributed by atoms with Crippen molar-refractivity contribution in [3.8, 4) is 0 Å². The van der Waals surface area contributed by atoms with Crippen LogP contribution in [-0.2, 0) is 13.1 Å². The van der Waals surface area contributed by atoms with Crippen molar-refractivity contribution < 1.29 is 0 Å². The predicted octanol–water partition coefficient (Wildman–Crippen LogP) is 1.77. The zero-order chi connectivity index (χ0) is 12.4. The van der Waals surface area contributed by atoms with Gasteiger partial charge in [0.1, 0.15) is 0 Å². The lowest BCUT2D eigenvalue weighted by Crippen LogP contribution is -2.29. The quantitative estimate of drug-likeness (QED) is 0.920. The van der Waals surface area contributed by atoms with Gasteiger partial charge < -0.3 is 5.32 Å². The largest absolute Gasteiger partial charge is 0.316 e. The number of nitrogens with one attached hydrogen (secondary N) is 1. The van der Waals surface area contributed by atoms with Crippen LogP contribution in [0.1, 0.15) is 24.7 Å². The third-order valence-electron chi connectivity index (χ3n) is 3.51. The molecule has 1 atom stereocenters. The average Bonchev–Trinajstić information content (AvgIpc) is 2.89. The zero-order valence-electron chi connectivity index (χ0n) is 10.8. The molecule has 1 saturated heterocycles. The summed E-state index contributed by atoms with van der Waals surface area (Å²) in [4.78, 5) is 2.49. The second-order valence-electron chi connectivity index (χ2n) is 4.67. The number of likely N-dealkylation sites (N-methyl/N-ethyl adjacent to an activating group) is 1. The van der Waals surface area contributed by atoms with E-state index in [1.165, 1.54) is 23.1 Å². The smallest absolute Gasteiger partial charge is 0.0739 e. The molecule has 2 rings (SSSR count). The van der Waals surface area contributed by atoms with E-state index in [1.807, 2.05) is 7.05 Å². The minimum atomic E-state index is 0.646. The fourth-order valence-electron chi connectivity index (χ4n) is 2.44. The highest BCUT2D eigenvalue weighted by atomic mass is 79.9. The van der Waals surface area contributed by atoms with Crippen LogP contribution < -0.4 is 5.32 Å². The van der Waals surface area contributed by atoms with Crippen molar-refractivity contribution in [1.82, 2.24) is 20.0 Å². The van der Waals surface area contributed by atoms with E-state index in [4.69, 9.17) is 0 Å². The highest BCUT2D eigenvalue weighted by Gasteiger charge is 2.23. The molecule has 1 unspecified atom stereocenters. The summed E-state index contributed by atoms with van der Waals surface area (Å²) in [5.74, 6) is 0. The zero-order valence-corrected chi connectivity index (χ0v) is 12.4. The first-order valence-corrected chi connectivity index (χ1v) is 7.06. The van der Waals surface area contributed by atoms with Gasteiger partial charge in [-0.2, -0.15) is 5.10 Å². The van der Waals surface area contributed by atoms with E-state index >= 15 is 0 Å². The molecule has 0 bridgehead atoms. The van der Waals surface area contributed by atoms with Gasteiger partial charge in [0.25, 0.3) is 0 Å². The molecule has 0 radical (unpaired) electrons. The second kappa shape index (κ2) is 5.50. The number of hydrogen-bond donors (Lipinski definition) is 1. The maximum atomic E-state index is 4.54. The van der Waals surface area contributed by atoms with Crippen LogP contribution in [0.2, 0.25) is 0 Å². The molecular formula is C12H21BrN4. The minimum absolute atomic E-state index is 0.646. The van der Waals surface area contributed by atoms with Crippen molar-refractivity contribution in [3.63, 3.8) is 0 Å². The van der Waals surface area contributed by atoms with Crippen LogP contribution in [0, 0.1) is 6.92 Å². The lowest BCUT2D eigenvalue weighted by molar-refractivity contribution is 0.310. The molecule has 1 fully saturated rings. The number of nitrogens with zero attached hydrogens (tertiary/aromatic N) is 3. The van der Waals surface area contributed by atoms with Gasteiger partial charge in [-0.05, 0) is 43.2 Å². The fourth-order valence-corrected chi connectivity index (χ4v) is 2.85. The fraction of sp³-hybridized carbons (Fsp3) is 0.750. The number of aryl methyl sites for hydroxylation is 2. The number of aromatic nitrogens is 2. The van der Waals surface area contributed by atoms with Crippen molar-refractivity contribution in [3.05, 3.63) is 15.9 Å². The third kappa shape index (κ3) is 2.72. The molecule has 1 aliphatic rings. The van der Waals surface area contributed by atoms with Gasteiger partial charge >= 0.3 is 0 Å². The Balaban J connectivity index is 2.08. The van der Waals surface area contributed by atoms with E-state index in [0.29, 0.717) is 6.04 Å². The molecule has 1 aliphatic heterocycles. The summed E-state index contributed by atoms with van der Waals surface area (Å²) in [6.45, 7) is 8.43. The van der Waals surface area contributed by atoms with Crippen LogP contribution in [0.25, 0.3) is 0 Å². The van der Waals surface area contributed by atoms with Gasteiger partial charge in [-0.15, -0.1) is 0 Å². The van der Waals surface area contributed by atoms with Gasteiger partial charge in [0, 0.05) is 32.2 Å². The highest BCUT2D eigenvalue weighted by molar-refractivity contribution is 9.10. The summed E-state index contributed by atoms with van der Waals surface area (Å²) in [6, 6.07) is 0.646. The standard InChI is InChI=1S/C12H21BrN4/c1-4-17-11(12(13)9(2)15-17)8-16-6-5-10(7-16)14-3/h10,14H,4-8H2,1-3H3. The van der Waals surface area contributed by atoms with Crippen LogP contribution in [0.5, 0.6) is 0 Å². The maximum Gasteiger partial charge on any atom is 0.0739 e. The van der Waals surface area contributed by atoms with Crippen LogP contribution in [0.3, 0.4) is 0 Å². The normalized spacial score (nSPS) is 21.3. The molecule has 17 heavy (non-hydrogen) atoms. The first kappa shape index (κ1) is 13.1. The summed E-state index contributed by atoms with van der Waals surface area (Å²) in [5, 5.41) is 7.89. The van der Waals surface area contributed by atoms with Gasteiger partial charge in [-0.3, -0.25) is 9.58 Å². The van der Waals surface area contributed by atoms with Crippen LogP contribution in [0.15, 0.2) is 4.47 Å². The van der Waals surface area contributed by atoms with Crippen molar-refractivity contribution >= 4 is 15.9 Å². The van der Waals surface area contributed by atoms with E-state index < -0.39 is 0 Å². The van der Waals surface area contributed by atoms with E-state index in [1.54, 1.807) is 0 Å².